The molecule has 0 aliphatic carbocycles. The summed E-state index contributed by atoms with van der Waals surface area (Å²) in [6.45, 7) is 6.57. The lowest BCUT2D eigenvalue weighted by molar-refractivity contribution is 0.578. The average molecular weight is 407 g/mol. The van der Waals surface area contributed by atoms with Crippen molar-refractivity contribution in [3.63, 3.8) is 0 Å². The third-order valence-corrected chi connectivity index (χ3v) is 6.61. The molecule has 1 aliphatic rings. The summed E-state index contributed by atoms with van der Waals surface area (Å²) in [5, 5.41) is 7.48. The van der Waals surface area contributed by atoms with E-state index in [0.29, 0.717) is 0 Å². The Morgan fingerprint density at radius 2 is 1.61 bits per heavy atom. The van der Waals surface area contributed by atoms with Crippen molar-refractivity contribution in [3.8, 4) is 11.3 Å². The van der Waals surface area contributed by atoms with Crippen LogP contribution in [-0.2, 0) is 0 Å². The molecule has 4 nitrogen and oxygen atoms in total. The van der Waals surface area contributed by atoms with Crippen molar-refractivity contribution in [2.45, 2.75) is 33.1 Å². The van der Waals surface area contributed by atoms with Gasteiger partial charge in [0.05, 0.1) is 16.7 Å². The molecular formula is C27H26N4. The minimum atomic E-state index is 0.926. The fourth-order valence-corrected chi connectivity index (χ4v) is 4.90. The van der Waals surface area contributed by atoms with Gasteiger partial charge in [-0.2, -0.15) is 5.10 Å². The number of hydrogen-bond acceptors (Lipinski definition) is 3. The van der Waals surface area contributed by atoms with Gasteiger partial charge in [0.25, 0.3) is 0 Å². The Hall–Kier alpha value is -3.40. The summed E-state index contributed by atoms with van der Waals surface area (Å²) in [6.07, 6.45) is 3.87. The SMILES string of the molecule is Cc1ccc(C)c(-c2nn3c4cc(N5CCCCC5)ccc4nc3c3ccccc23)c1. The van der Waals surface area contributed by atoms with Gasteiger partial charge in [-0.15, -0.1) is 0 Å². The number of benzene rings is 3. The van der Waals surface area contributed by atoms with Crippen molar-refractivity contribution in [1.29, 1.82) is 0 Å². The Morgan fingerprint density at radius 1 is 0.806 bits per heavy atom. The van der Waals surface area contributed by atoms with Gasteiger partial charge in [-0.1, -0.05) is 42.0 Å². The van der Waals surface area contributed by atoms with E-state index >= 15 is 0 Å². The van der Waals surface area contributed by atoms with Gasteiger partial charge in [-0.05, 0) is 62.9 Å². The van der Waals surface area contributed by atoms with Crippen molar-refractivity contribution >= 4 is 33.1 Å². The molecule has 5 aromatic rings. The number of aromatic nitrogens is 3. The maximum Gasteiger partial charge on any atom is 0.162 e. The number of nitrogens with zero attached hydrogens (tertiary/aromatic N) is 4. The highest BCUT2D eigenvalue weighted by Gasteiger charge is 2.17. The Bertz CT molecular complexity index is 1440. The molecule has 6 rings (SSSR count). The van der Waals surface area contributed by atoms with Crippen LogP contribution in [-0.4, -0.2) is 27.7 Å². The molecule has 3 heterocycles. The van der Waals surface area contributed by atoms with Gasteiger partial charge < -0.3 is 4.90 Å². The van der Waals surface area contributed by atoms with Gasteiger partial charge >= 0.3 is 0 Å². The zero-order valence-electron chi connectivity index (χ0n) is 18.1. The molecular weight excluding hydrogens is 380 g/mol. The van der Waals surface area contributed by atoms with E-state index in [-0.39, 0.29) is 0 Å². The molecule has 4 heteroatoms. The smallest absolute Gasteiger partial charge is 0.162 e. The van der Waals surface area contributed by atoms with Gasteiger partial charge in [0, 0.05) is 35.1 Å². The molecule has 1 fully saturated rings. The summed E-state index contributed by atoms with van der Waals surface area (Å²) < 4.78 is 2.06. The topological polar surface area (TPSA) is 33.4 Å². The first-order chi connectivity index (χ1) is 15.2. The molecule has 0 spiro atoms. The fraction of sp³-hybridized carbons (Fsp3) is 0.259. The van der Waals surface area contributed by atoms with Gasteiger partial charge in [0.2, 0.25) is 0 Å². The van der Waals surface area contributed by atoms with Crippen LogP contribution < -0.4 is 4.90 Å². The van der Waals surface area contributed by atoms with Gasteiger partial charge in [-0.3, -0.25) is 0 Å². The van der Waals surface area contributed by atoms with Crippen LogP contribution in [0.3, 0.4) is 0 Å². The van der Waals surface area contributed by atoms with Crippen LogP contribution in [0, 0.1) is 13.8 Å². The van der Waals surface area contributed by atoms with Crippen LogP contribution in [0.4, 0.5) is 5.69 Å². The molecule has 2 aromatic heterocycles. The molecule has 0 saturated carbocycles. The zero-order valence-corrected chi connectivity index (χ0v) is 18.1. The van der Waals surface area contributed by atoms with E-state index in [2.05, 4.69) is 83.9 Å². The maximum atomic E-state index is 5.19. The second kappa shape index (κ2) is 7.09. The second-order valence-electron chi connectivity index (χ2n) is 8.78. The maximum absolute atomic E-state index is 5.19. The number of aryl methyl sites for hydroxylation is 2. The molecule has 0 radical (unpaired) electrons. The Labute approximate surface area is 182 Å². The number of rotatable bonds is 2. The van der Waals surface area contributed by atoms with Crippen LogP contribution in [0.2, 0.25) is 0 Å². The molecule has 0 atom stereocenters. The molecule has 1 saturated heterocycles. The van der Waals surface area contributed by atoms with Crippen LogP contribution in [0.5, 0.6) is 0 Å². The van der Waals surface area contributed by atoms with E-state index in [1.807, 2.05) is 0 Å². The van der Waals surface area contributed by atoms with Crippen LogP contribution >= 0.6 is 0 Å². The number of imidazole rings is 1. The number of hydrogen-bond donors (Lipinski definition) is 0. The predicted molar refractivity (Wildman–Crippen MR) is 129 cm³/mol. The molecule has 154 valence electrons. The molecule has 0 bridgehead atoms. The summed E-state index contributed by atoms with van der Waals surface area (Å²) >= 11 is 0. The summed E-state index contributed by atoms with van der Waals surface area (Å²) in [7, 11) is 0. The number of anilines is 1. The highest BCUT2D eigenvalue weighted by Crippen LogP contribution is 2.34. The standard InChI is InChI=1S/C27H26N4/c1-18-10-11-19(2)23(16-18)26-21-8-4-5-9-22(21)27-28-24-13-12-20(17-25(24)31(27)29-26)30-14-6-3-7-15-30/h4-5,8-13,16-17H,3,6-7,14-15H2,1-2H3. The van der Waals surface area contributed by atoms with Crippen molar-refractivity contribution in [1.82, 2.24) is 14.6 Å². The van der Waals surface area contributed by atoms with Crippen molar-refractivity contribution in [2.24, 2.45) is 0 Å². The normalized spacial score (nSPS) is 14.7. The third-order valence-electron chi connectivity index (χ3n) is 6.61. The highest BCUT2D eigenvalue weighted by atomic mass is 15.3. The minimum absolute atomic E-state index is 0.926. The molecule has 31 heavy (non-hydrogen) atoms. The van der Waals surface area contributed by atoms with E-state index in [9.17, 15) is 0 Å². The van der Waals surface area contributed by atoms with Crippen LogP contribution in [0.15, 0.2) is 60.7 Å². The van der Waals surface area contributed by atoms with Crippen molar-refractivity contribution < 1.29 is 0 Å². The fourth-order valence-electron chi connectivity index (χ4n) is 4.90. The first-order valence-corrected chi connectivity index (χ1v) is 11.2. The second-order valence-corrected chi connectivity index (χ2v) is 8.78. The van der Waals surface area contributed by atoms with Crippen molar-refractivity contribution in [3.05, 3.63) is 71.8 Å². The molecule has 1 aliphatic heterocycles. The minimum Gasteiger partial charge on any atom is -0.371 e. The summed E-state index contributed by atoms with van der Waals surface area (Å²) in [4.78, 5) is 7.48. The lowest BCUT2D eigenvalue weighted by Gasteiger charge is -2.28. The lowest BCUT2D eigenvalue weighted by atomic mass is 9.99. The summed E-state index contributed by atoms with van der Waals surface area (Å²) in [5.74, 6) is 0. The van der Waals surface area contributed by atoms with E-state index in [0.717, 1.165) is 46.2 Å². The summed E-state index contributed by atoms with van der Waals surface area (Å²) in [6, 6.07) is 21.7. The van der Waals surface area contributed by atoms with E-state index in [4.69, 9.17) is 10.1 Å². The zero-order chi connectivity index (χ0) is 20.9. The Morgan fingerprint density at radius 3 is 2.45 bits per heavy atom. The largest absolute Gasteiger partial charge is 0.371 e. The van der Waals surface area contributed by atoms with E-state index in [1.165, 1.54) is 41.6 Å². The lowest BCUT2D eigenvalue weighted by Crippen LogP contribution is -2.29. The first-order valence-electron chi connectivity index (χ1n) is 11.2. The van der Waals surface area contributed by atoms with Gasteiger partial charge in [0.1, 0.15) is 0 Å². The molecule has 3 aromatic carbocycles. The van der Waals surface area contributed by atoms with E-state index < -0.39 is 0 Å². The number of fused-ring (bicyclic) bond motifs is 5. The number of piperidine rings is 1. The monoisotopic (exact) mass is 406 g/mol. The summed E-state index contributed by atoms with van der Waals surface area (Å²) in [5.41, 5.74) is 8.97. The molecule has 0 unspecified atom stereocenters. The molecule has 0 amide bonds. The van der Waals surface area contributed by atoms with Gasteiger partial charge in [-0.25, -0.2) is 9.50 Å². The quantitative estimate of drug-likeness (QED) is 0.344. The van der Waals surface area contributed by atoms with Crippen molar-refractivity contribution in [2.75, 3.05) is 18.0 Å². The average Bonchev–Trinajstić information content (AvgIpc) is 3.19. The third kappa shape index (κ3) is 2.97. The highest BCUT2D eigenvalue weighted by molar-refractivity contribution is 6.04. The van der Waals surface area contributed by atoms with Crippen LogP contribution in [0.1, 0.15) is 30.4 Å². The molecule has 0 N–H and O–H groups in total. The van der Waals surface area contributed by atoms with E-state index in [1.54, 1.807) is 0 Å². The predicted octanol–water partition coefficient (Wildman–Crippen LogP) is 6.31. The Kier molecular flexibility index (Phi) is 4.20. The Balaban J connectivity index is 1.66. The first kappa shape index (κ1) is 18.4. The van der Waals surface area contributed by atoms with Crippen LogP contribution in [0.25, 0.3) is 38.7 Å². The van der Waals surface area contributed by atoms with Gasteiger partial charge in [0.15, 0.2) is 5.65 Å².